The minimum atomic E-state index is -0.794. The molecule has 1 amide bonds. The van der Waals surface area contributed by atoms with E-state index in [4.69, 9.17) is 0 Å². The molecule has 1 aromatic rings. The Morgan fingerprint density at radius 1 is 1.37 bits per heavy atom. The Labute approximate surface area is 109 Å². The minimum Gasteiger partial charge on any atom is -0.467 e. The molecule has 19 heavy (non-hydrogen) atoms. The Balaban J connectivity index is 2.21. The van der Waals surface area contributed by atoms with Crippen LogP contribution in [0, 0.1) is 5.82 Å². The van der Waals surface area contributed by atoms with Gasteiger partial charge < -0.3 is 14.7 Å². The summed E-state index contributed by atoms with van der Waals surface area (Å²) in [6, 6.07) is 4.24. The summed E-state index contributed by atoms with van der Waals surface area (Å²) in [5.74, 6) is -1.43. The van der Waals surface area contributed by atoms with Gasteiger partial charge in [-0.3, -0.25) is 4.79 Å². The van der Waals surface area contributed by atoms with Crippen molar-refractivity contribution in [3.63, 3.8) is 0 Å². The van der Waals surface area contributed by atoms with Crippen LogP contribution in [0.4, 0.5) is 4.39 Å². The zero-order valence-corrected chi connectivity index (χ0v) is 10.4. The zero-order valence-electron chi connectivity index (χ0n) is 10.4. The Kier molecular flexibility index (Phi) is 3.80. The van der Waals surface area contributed by atoms with Crippen molar-refractivity contribution in [2.24, 2.45) is 0 Å². The van der Waals surface area contributed by atoms with E-state index in [1.165, 1.54) is 36.3 Å². The monoisotopic (exact) mass is 267 g/mol. The van der Waals surface area contributed by atoms with Gasteiger partial charge in [0.25, 0.3) is 5.91 Å². The first-order valence-electron chi connectivity index (χ1n) is 5.85. The highest BCUT2D eigenvalue weighted by Crippen LogP contribution is 2.21. The van der Waals surface area contributed by atoms with Gasteiger partial charge in [-0.2, -0.15) is 0 Å². The lowest BCUT2D eigenvalue weighted by Gasteiger charge is -2.22. The first-order valence-corrected chi connectivity index (χ1v) is 5.85. The van der Waals surface area contributed by atoms with E-state index < -0.39 is 29.8 Å². The van der Waals surface area contributed by atoms with Gasteiger partial charge in [0.2, 0.25) is 0 Å². The van der Waals surface area contributed by atoms with Crippen molar-refractivity contribution in [1.82, 2.24) is 4.90 Å². The number of aliphatic hydroxyl groups excluding tert-OH is 1. The lowest BCUT2D eigenvalue weighted by molar-refractivity contribution is -0.145. The molecule has 2 atom stereocenters. The van der Waals surface area contributed by atoms with E-state index in [1.54, 1.807) is 0 Å². The number of benzene rings is 1. The molecule has 6 heteroatoms. The van der Waals surface area contributed by atoms with Crippen LogP contribution in [0.5, 0.6) is 0 Å². The lowest BCUT2D eigenvalue weighted by Crippen LogP contribution is -2.41. The van der Waals surface area contributed by atoms with Crippen LogP contribution >= 0.6 is 0 Å². The third-order valence-electron chi connectivity index (χ3n) is 3.10. The van der Waals surface area contributed by atoms with Crippen LogP contribution in [0.15, 0.2) is 24.3 Å². The number of β-amino-alcohol motifs (C(OH)–C–C–N with tert-alkyl or cyclic N) is 1. The molecule has 0 aromatic heterocycles. The molecular formula is C13H14FNO4. The third-order valence-corrected chi connectivity index (χ3v) is 3.10. The molecular weight excluding hydrogens is 253 g/mol. The Morgan fingerprint density at radius 3 is 2.58 bits per heavy atom. The molecule has 1 N–H and O–H groups in total. The minimum absolute atomic E-state index is 0.0655. The Bertz CT molecular complexity index is 488. The number of aliphatic hydroxyl groups is 1. The van der Waals surface area contributed by atoms with Crippen LogP contribution < -0.4 is 0 Å². The summed E-state index contributed by atoms with van der Waals surface area (Å²) in [5, 5.41) is 9.59. The van der Waals surface area contributed by atoms with Crippen LogP contribution in [0.25, 0.3) is 0 Å². The number of halogens is 1. The number of hydrogen-bond acceptors (Lipinski definition) is 4. The van der Waals surface area contributed by atoms with Crippen molar-refractivity contribution in [3.8, 4) is 0 Å². The van der Waals surface area contributed by atoms with Gasteiger partial charge >= 0.3 is 5.97 Å². The largest absolute Gasteiger partial charge is 0.467 e. The highest BCUT2D eigenvalue weighted by atomic mass is 19.1. The van der Waals surface area contributed by atoms with Gasteiger partial charge in [-0.1, -0.05) is 0 Å². The van der Waals surface area contributed by atoms with Crippen LogP contribution in [-0.2, 0) is 9.53 Å². The quantitative estimate of drug-likeness (QED) is 0.796. The molecule has 0 aliphatic carbocycles. The molecule has 1 fully saturated rings. The standard InChI is InChI=1S/C13H14FNO4/c1-19-13(18)11-6-10(16)7-15(11)12(17)8-2-4-9(14)5-3-8/h2-5,10-11,16H,6-7H2,1H3/t10-,11-/m1/s1. The molecule has 5 nitrogen and oxygen atoms in total. The Morgan fingerprint density at radius 2 is 2.00 bits per heavy atom. The summed E-state index contributed by atoms with van der Waals surface area (Å²) in [6.45, 7) is 0.0655. The number of nitrogens with zero attached hydrogens (tertiary/aromatic N) is 1. The maximum Gasteiger partial charge on any atom is 0.328 e. The molecule has 2 rings (SSSR count). The van der Waals surface area contributed by atoms with Crippen LogP contribution in [0.1, 0.15) is 16.8 Å². The summed E-state index contributed by atoms with van der Waals surface area (Å²) in [4.78, 5) is 25.0. The van der Waals surface area contributed by atoms with E-state index in [-0.39, 0.29) is 18.5 Å². The van der Waals surface area contributed by atoms with Gasteiger partial charge in [0.05, 0.1) is 13.2 Å². The molecule has 1 aromatic carbocycles. The summed E-state index contributed by atoms with van der Waals surface area (Å²) in [7, 11) is 1.23. The SMILES string of the molecule is COC(=O)[C@H]1C[C@@H](O)CN1C(=O)c1ccc(F)cc1. The molecule has 1 aliphatic heterocycles. The lowest BCUT2D eigenvalue weighted by atomic mass is 10.1. The van der Waals surface area contributed by atoms with E-state index in [0.717, 1.165) is 0 Å². The predicted molar refractivity (Wildman–Crippen MR) is 63.9 cm³/mol. The number of rotatable bonds is 2. The second kappa shape index (κ2) is 5.36. The number of ether oxygens (including phenoxy) is 1. The predicted octanol–water partition coefficient (Wildman–Crippen LogP) is 0.574. The van der Waals surface area contributed by atoms with Crippen molar-refractivity contribution in [2.45, 2.75) is 18.6 Å². The number of esters is 1. The van der Waals surface area contributed by atoms with Crippen LogP contribution in [0.3, 0.4) is 0 Å². The topological polar surface area (TPSA) is 66.8 Å². The van der Waals surface area contributed by atoms with Crippen molar-refractivity contribution in [2.75, 3.05) is 13.7 Å². The fraction of sp³-hybridized carbons (Fsp3) is 0.385. The number of amides is 1. The molecule has 0 bridgehead atoms. The van der Waals surface area contributed by atoms with E-state index in [1.807, 2.05) is 0 Å². The summed E-state index contributed by atoms with van der Waals surface area (Å²) < 4.78 is 17.4. The van der Waals surface area contributed by atoms with Crippen LogP contribution in [0.2, 0.25) is 0 Å². The van der Waals surface area contributed by atoms with E-state index in [0.29, 0.717) is 0 Å². The number of likely N-dealkylation sites (tertiary alicyclic amines) is 1. The molecule has 0 spiro atoms. The molecule has 102 valence electrons. The van der Waals surface area contributed by atoms with E-state index in [9.17, 15) is 19.1 Å². The van der Waals surface area contributed by atoms with Crippen molar-refractivity contribution in [3.05, 3.63) is 35.6 Å². The molecule has 1 heterocycles. The van der Waals surface area contributed by atoms with Gasteiger partial charge in [0.1, 0.15) is 11.9 Å². The molecule has 0 saturated carbocycles. The number of carbonyl (C=O) groups is 2. The van der Waals surface area contributed by atoms with Gasteiger partial charge in [0.15, 0.2) is 0 Å². The van der Waals surface area contributed by atoms with Gasteiger partial charge in [0, 0.05) is 18.5 Å². The second-order valence-electron chi connectivity index (χ2n) is 4.39. The summed E-state index contributed by atoms with van der Waals surface area (Å²) in [5.41, 5.74) is 0.268. The zero-order chi connectivity index (χ0) is 14.0. The number of carbonyl (C=O) groups excluding carboxylic acids is 2. The van der Waals surface area contributed by atoms with E-state index >= 15 is 0 Å². The van der Waals surface area contributed by atoms with Crippen molar-refractivity contribution in [1.29, 1.82) is 0 Å². The maximum absolute atomic E-state index is 12.8. The highest BCUT2D eigenvalue weighted by molar-refractivity contribution is 5.97. The van der Waals surface area contributed by atoms with E-state index in [2.05, 4.69) is 4.74 Å². The smallest absolute Gasteiger partial charge is 0.328 e. The van der Waals surface area contributed by atoms with Gasteiger partial charge in [-0.05, 0) is 24.3 Å². The molecule has 1 aliphatic rings. The Hall–Kier alpha value is -1.95. The van der Waals surface area contributed by atoms with Gasteiger partial charge in [-0.25, -0.2) is 9.18 Å². The molecule has 0 radical (unpaired) electrons. The van der Waals surface area contributed by atoms with Crippen LogP contribution in [-0.4, -0.2) is 47.7 Å². The molecule has 0 unspecified atom stereocenters. The highest BCUT2D eigenvalue weighted by Gasteiger charge is 2.39. The molecule has 1 saturated heterocycles. The number of hydrogen-bond donors (Lipinski definition) is 1. The summed E-state index contributed by atoms with van der Waals surface area (Å²) in [6.07, 6.45) is -0.604. The average molecular weight is 267 g/mol. The fourth-order valence-electron chi connectivity index (χ4n) is 2.16. The van der Waals surface area contributed by atoms with Crippen molar-refractivity contribution < 1.29 is 23.8 Å². The van der Waals surface area contributed by atoms with Crippen molar-refractivity contribution >= 4 is 11.9 Å². The maximum atomic E-state index is 12.8. The second-order valence-corrected chi connectivity index (χ2v) is 4.39. The summed E-state index contributed by atoms with van der Waals surface area (Å²) >= 11 is 0. The normalized spacial score (nSPS) is 22.4. The van der Waals surface area contributed by atoms with Gasteiger partial charge in [-0.15, -0.1) is 0 Å². The first-order chi connectivity index (χ1) is 9.02. The third kappa shape index (κ3) is 2.73. The first kappa shape index (κ1) is 13.5. The fourth-order valence-corrected chi connectivity index (χ4v) is 2.16. The number of methoxy groups -OCH3 is 1. The average Bonchev–Trinajstić information content (AvgIpc) is 2.80.